The van der Waals surface area contributed by atoms with E-state index in [0.717, 1.165) is 6.07 Å². The lowest BCUT2D eigenvalue weighted by Gasteiger charge is -2.19. The molecule has 0 bridgehead atoms. The van der Waals surface area contributed by atoms with Crippen molar-refractivity contribution in [2.75, 3.05) is 19.3 Å². The number of benzene rings is 1. The monoisotopic (exact) mass is 259 g/mol. The molecule has 2 atom stereocenters. The third-order valence-electron chi connectivity index (χ3n) is 2.45. The summed E-state index contributed by atoms with van der Waals surface area (Å²) in [6.07, 6.45) is -2.76. The molecule has 0 aliphatic carbocycles. The summed E-state index contributed by atoms with van der Waals surface area (Å²) in [6, 6.07) is 1.61. The van der Waals surface area contributed by atoms with Gasteiger partial charge in [0.15, 0.2) is 5.82 Å². The average molecular weight is 259 g/mol. The van der Waals surface area contributed by atoms with Crippen LogP contribution in [0.25, 0.3) is 0 Å². The van der Waals surface area contributed by atoms with Crippen molar-refractivity contribution in [3.63, 3.8) is 0 Å². The Morgan fingerprint density at radius 3 is 2.67 bits per heavy atom. The van der Waals surface area contributed by atoms with Crippen molar-refractivity contribution in [2.45, 2.75) is 12.2 Å². The Hall–Kier alpha value is -1.77. The molecule has 5 N–H and O–H groups in total. The summed E-state index contributed by atoms with van der Waals surface area (Å²) in [7, 11) is 1.55. The fourth-order valence-electron chi connectivity index (χ4n) is 1.50. The Bertz CT molecular complexity index is 455. The van der Waals surface area contributed by atoms with Crippen molar-refractivity contribution < 1.29 is 19.5 Å². The molecule has 1 rings (SSSR count). The third-order valence-corrected chi connectivity index (χ3v) is 2.45. The van der Waals surface area contributed by atoms with Crippen LogP contribution in [0.5, 0.6) is 0 Å². The number of nitrogens with one attached hydrogen (secondary N) is 1. The number of nitrogen functional groups attached to an aromatic ring is 1. The Morgan fingerprint density at radius 2 is 2.17 bits per heavy atom. The highest BCUT2D eigenvalue weighted by Crippen LogP contribution is 2.29. The van der Waals surface area contributed by atoms with Crippen LogP contribution in [0, 0.1) is 15.9 Å². The van der Waals surface area contributed by atoms with E-state index in [4.69, 9.17) is 5.73 Å². The number of likely N-dealkylation sites (N-methyl/N-ethyl adjacent to an activating group) is 1. The minimum Gasteiger partial charge on any atom is -0.396 e. The first-order chi connectivity index (χ1) is 8.38. The van der Waals surface area contributed by atoms with Gasteiger partial charge in [-0.2, -0.15) is 0 Å². The third kappa shape index (κ3) is 2.92. The van der Waals surface area contributed by atoms with Crippen LogP contribution in [-0.4, -0.2) is 34.8 Å². The summed E-state index contributed by atoms with van der Waals surface area (Å²) in [6.45, 7) is 0.0327. The van der Waals surface area contributed by atoms with E-state index in [-0.39, 0.29) is 12.1 Å². The van der Waals surface area contributed by atoms with Crippen molar-refractivity contribution >= 4 is 11.4 Å². The number of aliphatic hydroxyl groups is 2. The molecule has 1 aromatic carbocycles. The summed E-state index contributed by atoms with van der Waals surface area (Å²) < 4.78 is 13.4. The van der Waals surface area contributed by atoms with Gasteiger partial charge in [0.2, 0.25) is 0 Å². The number of nitro benzene ring substituents is 1. The van der Waals surface area contributed by atoms with E-state index in [9.17, 15) is 24.7 Å². The number of halogens is 1. The molecule has 8 heteroatoms. The minimum atomic E-state index is -1.51. The van der Waals surface area contributed by atoms with Crippen LogP contribution < -0.4 is 11.1 Å². The molecule has 0 spiro atoms. The number of non-ortho nitro benzene ring substituents is 1. The lowest BCUT2D eigenvalue weighted by molar-refractivity contribution is -0.385. The number of aliphatic hydroxyl groups excluding tert-OH is 2. The van der Waals surface area contributed by atoms with Crippen LogP contribution in [0.1, 0.15) is 11.7 Å². The highest BCUT2D eigenvalue weighted by molar-refractivity contribution is 5.55. The van der Waals surface area contributed by atoms with E-state index in [0.29, 0.717) is 6.07 Å². The zero-order chi connectivity index (χ0) is 13.9. The van der Waals surface area contributed by atoms with Gasteiger partial charge in [-0.15, -0.1) is 0 Å². The lowest BCUT2D eigenvalue weighted by atomic mass is 10.0. The summed E-state index contributed by atoms with van der Waals surface area (Å²) in [4.78, 5) is 9.77. The number of hydrogen-bond acceptors (Lipinski definition) is 6. The maximum Gasteiger partial charge on any atom is 0.272 e. The highest BCUT2D eigenvalue weighted by Gasteiger charge is 2.24. The summed E-state index contributed by atoms with van der Waals surface area (Å²) in [5.41, 5.74) is 4.24. The van der Waals surface area contributed by atoms with E-state index in [1.807, 2.05) is 0 Å². The van der Waals surface area contributed by atoms with Gasteiger partial charge in [-0.3, -0.25) is 10.1 Å². The molecule has 0 fully saturated rings. The van der Waals surface area contributed by atoms with Gasteiger partial charge >= 0.3 is 0 Å². The summed E-state index contributed by atoms with van der Waals surface area (Å²) in [5, 5.41) is 32.5. The highest BCUT2D eigenvalue weighted by atomic mass is 19.1. The molecule has 0 saturated carbocycles. The molecule has 100 valence electrons. The molecule has 0 amide bonds. The first-order valence-corrected chi connectivity index (χ1v) is 5.12. The van der Waals surface area contributed by atoms with E-state index >= 15 is 0 Å². The Morgan fingerprint density at radius 1 is 1.56 bits per heavy atom. The molecule has 7 nitrogen and oxygen atoms in total. The van der Waals surface area contributed by atoms with Crippen molar-refractivity contribution in [1.82, 2.24) is 5.32 Å². The molecule has 1 aromatic rings. The predicted molar refractivity (Wildman–Crippen MR) is 62.4 cm³/mol. The van der Waals surface area contributed by atoms with Gasteiger partial charge in [-0.05, 0) is 7.05 Å². The predicted octanol–water partition coefficient (Wildman–Crippen LogP) is -0.0702. The van der Waals surface area contributed by atoms with E-state index in [2.05, 4.69) is 5.32 Å². The van der Waals surface area contributed by atoms with Gasteiger partial charge in [-0.1, -0.05) is 0 Å². The number of nitrogens with zero attached hydrogens (tertiary/aromatic N) is 1. The second-order valence-corrected chi connectivity index (χ2v) is 3.76. The number of anilines is 1. The van der Waals surface area contributed by atoms with Crippen LogP contribution >= 0.6 is 0 Å². The molecular weight excluding hydrogens is 245 g/mol. The van der Waals surface area contributed by atoms with Crippen molar-refractivity contribution in [3.05, 3.63) is 33.6 Å². The molecule has 0 aliphatic heterocycles. The largest absolute Gasteiger partial charge is 0.396 e. The molecule has 18 heavy (non-hydrogen) atoms. The number of rotatable bonds is 5. The zero-order valence-corrected chi connectivity index (χ0v) is 9.63. The van der Waals surface area contributed by atoms with Crippen LogP contribution in [0.15, 0.2) is 12.1 Å². The summed E-state index contributed by atoms with van der Waals surface area (Å²) >= 11 is 0. The SMILES string of the molecule is CNCC(O)C(O)c1cc([N+](=O)[O-])cc(F)c1N. The lowest BCUT2D eigenvalue weighted by Crippen LogP contribution is -2.30. The van der Waals surface area contributed by atoms with E-state index in [1.165, 1.54) is 0 Å². The topological polar surface area (TPSA) is 122 Å². The molecule has 0 aromatic heterocycles. The first kappa shape index (κ1) is 14.3. The normalized spacial score (nSPS) is 14.2. The van der Waals surface area contributed by atoms with Crippen molar-refractivity contribution in [3.8, 4) is 0 Å². The molecule has 0 aliphatic rings. The fourth-order valence-corrected chi connectivity index (χ4v) is 1.50. The maximum absolute atomic E-state index is 13.4. The van der Waals surface area contributed by atoms with Crippen molar-refractivity contribution in [1.29, 1.82) is 0 Å². The Balaban J connectivity index is 3.18. The smallest absolute Gasteiger partial charge is 0.272 e. The second-order valence-electron chi connectivity index (χ2n) is 3.76. The van der Waals surface area contributed by atoms with Crippen molar-refractivity contribution in [2.24, 2.45) is 0 Å². The molecule has 0 radical (unpaired) electrons. The van der Waals surface area contributed by atoms with E-state index < -0.39 is 34.3 Å². The number of hydrogen-bond donors (Lipinski definition) is 4. The first-order valence-electron chi connectivity index (χ1n) is 5.12. The van der Waals surface area contributed by atoms with Crippen LogP contribution in [0.3, 0.4) is 0 Å². The quantitative estimate of drug-likeness (QED) is 0.333. The van der Waals surface area contributed by atoms with Gasteiger partial charge in [0.25, 0.3) is 5.69 Å². The second kappa shape index (κ2) is 5.71. The van der Waals surface area contributed by atoms with Crippen LogP contribution in [-0.2, 0) is 0 Å². The minimum absolute atomic E-state index is 0.0327. The van der Waals surface area contributed by atoms with Gasteiger partial charge in [-0.25, -0.2) is 4.39 Å². The Kier molecular flexibility index (Phi) is 4.54. The van der Waals surface area contributed by atoms with Gasteiger partial charge in [0, 0.05) is 18.2 Å². The zero-order valence-electron chi connectivity index (χ0n) is 9.63. The molecular formula is C10H14FN3O4. The fraction of sp³-hybridized carbons (Fsp3) is 0.400. The number of nitro groups is 1. The average Bonchev–Trinajstić information content (AvgIpc) is 2.31. The van der Waals surface area contributed by atoms with Crippen LogP contribution in [0.4, 0.5) is 15.8 Å². The Labute approximate surface area is 102 Å². The molecule has 0 saturated heterocycles. The van der Waals surface area contributed by atoms with Gasteiger partial charge in [0.1, 0.15) is 6.10 Å². The summed E-state index contributed by atoms with van der Waals surface area (Å²) in [5.74, 6) is -1.00. The maximum atomic E-state index is 13.4. The number of nitrogens with two attached hydrogens (primary N) is 1. The molecule has 2 unspecified atom stereocenters. The van der Waals surface area contributed by atoms with E-state index in [1.54, 1.807) is 7.05 Å². The van der Waals surface area contributed by atoms with Gasteiger partial charge < -0.3 is 21.3 Å². The standard InChI is InChI=1S/C10H14FN3O4/c1-13-4-8(15)10(16)6-2-5(14(17)18)3-7(11)9(6)12/h2-3,8,10,13,15-16H,4,12H2,1H3. The molecule has 0 heterocycles. The van der Waals surface area contributed by atoms with Gasteiger partial charge in [0.05, 0.1) is 22.8 Å². The van der Waals surface area contributed by atoms with Crippen LogP contribution in [0.2, 0.25) is 0 Å².